The molecule has 1 aromatic heterocycles. The van der Waals surface area contributed by atoms with Crippen LogP contribution in [0.15, 0.2) is 4.90 Å². The van der Waals surface area contributed by atoms with Crippen LogP contribution in [0.4, 0.5) is 10.7 Å². The van der Waals surface area contributed by atoms with Crippen LogP contribution in [0.5, 0.6) is 0 Å². The lowest BCUT2D eigenvalue weighted by Crippen LogP contribution is -2.21. The third kappa shape index (κ3) is 3.09. The van der Waals surface area contributed by atoms with Gasteiger partial charge >= 0.3 is 5.97 Å². The Bertz CT molecular complexity index is 421. The van der Waals surface area contributed by atoms with Crippen molar-refractivity contribution in [1.82, 2.24) is 0 Å². The molecule has 0 radical (unpaired) electrons. The zero-order valence-electron chi connectivity index (χ0n) is 11.0. The van der Waals surface area contributed by atoms with E-state index in [4.69, 9.17) is 15.2 Å². The first-order valence-corrected chi connectivity index (χ1v) is 7.35. The fraction of sp³-hybridized carbons (Fsp3) is 0.545. The molecule has 0 amide bonds. The van der Waals surface area contributed by atoms with E-state index >= 15 is 0 Å². The topological polar surface area (TPSA) is 64.8 Å². The lowest BCUT2D eigenvalue weighted by molar-refractivity contribution is 0.0607. The fourth-order valence-corrected chi connectivity index (χ4v) is 3.55. The third-order valence-electron chi connectivity index (χ3n) is 2.43. The summed E-state index contributed by atoms with van der Waals surface area (Å²) < 4.78 is 9.78. The summed E-state index contributed by atoms with van der Waals surface area (Å²) in [5.41, 5.74) is 6.49. The molecule has 1 heterocycles. The van der Waals surface area contributed by atoms with Crippen LogP contribution in [0.2, 0.25) is 0 Å². The zero-order chi connectivity index (χ0) is 13.7. The molecule has 0 aromatic carbocycles. The molecule has 1 rings (SSSR count). The standard InChI is InChI=1S/C11H18N2O3S2/c1-13(5-6-15-2)10-8(17-4)7(12)9(18-10)11(14)16-3/h5-6,12H2,1-4H3. The molecule has 0 atom stereocenters. The minimum Gasteiger partial charge on any atom is -0.465 e. The smallest absolute Gasteiger partial charge is 0.350 e. The first-order valence-electron chi connectivity index (χ1n) is 5.31. The van der Waals surface area contributed by atoms with Gasteiger partial charge < -0.3 is 20.1 Å². The molecule has 0 aliphatic rings. The van der Waals surface area contributed by atoms with E-state index in [1.807, 2.05) is 18.2 Å². The maximum Gasteiger partial charge on any atom is 0.350 e. The van der Waals surface area contributed by atoms with Crippen molar-refractivity contribution < 1.29 is 14.3 Å². The van der Waals surface area contributed by atoms with Crippen molar-refractivity contribution in [2.75, 3.05) is 51.3 Å². The van der Waals surface area contributed by atoms with Gasteiger partial charge in [0.1, 0.15) is 9.88 Å². The second kappa shape index (κ2) is 6.86. The molecule has 0 saturated carbocycles. The van der Waals surface area contributed by atoms with Gasteiger partial charge in [0.15, 0.2) is 0 Å². The number of methoxy groups -OCH3 is 2. The molecule has 0 bridgehead atoms. The molecular weight excluding hydrogens is 272 g/mol. The fourth-order valence-electron chi connectivity index (χ4n) is 1.44. The molecule has 18 heavy (non-hydrogen) atoms. The highest BCUT2D eigenvalue weighted by atomic mass is 32.2. The summed E-state index contributed by atoms with van der Waals surface area (Å²) in [6, 6.07) is 0. The van der Waals surface area contributed by atoms with Crippen LogP contribution in [-0.4, -0.2) is 46.6 Å². The maximum atomic E-state index is 11.6. The van der Waals surface area contributed by atoms with Crippen LogP contribution < -0.4 is 10.6 Å². The number of rotatable bonds is 6. The van der Waals surface area contributed by atoms with E-state index in [0.717, 1.165) is 16.4 Å². The molecule has 5 nitrogen and oxygen atoms in total. The molecule has 1 aromatic rings. The quantitative estimate of drug-likeness (QED) is 0.638. The number of thiophene rings is 1. The maximum absolute atomic E-state index is 11.6. The van der Waals surface area contributed by atoms with Gasteiger partial charge in [-0.15, -0.1) is 23.1 Å². The molecule has 0 spiro atoms. The summed E-state index contributed by atoms with van der Waals surface area (Å²) in [6.45, 7) is 1.36. The van der Waals surface area contributed by atoms with Crippen molar-refractivity contribution in [3.05, 3.63) is 4.88 Å². The number of nitrogens with zero attached hydrogens (tertiary/aromatic N) is 1. The Morgan fingerprint density at radius 3 is 2.67 bits per heavy atom. The molecule has 0 aliphatic carbocycles. The summed E-state index contributed by atoms with van der Waals surface area (Å²) >= 11 is 2.88. The Morgan fingerprint density at radius 2 is 2.17 bits per heavy atom. The molecule has 0 fully saturated rings. The Labute approximate surface area is 115 Å². The number of thioether (sulfide) groups is 1. The minimum atomic E-state index is -0.390. The lowest BCUT2D eigenvalue weighted by Gasteiger charge is -2.18. The zero-order valence-corrected chi connectivity index (χ0v) is 12.6. The van der Waals surface area contributed by atoms with E-state index in [1.54, 1.807) is 7.11 Å². The van der Waals surface area contributed by atoms with Gasteiger partial charge in [0, 0.05) is 20.7 Å². The van der Waals surface area contributed by atoms with Gasteiger partial charge in [-0.3, -0.25) is 0 Å². The summed E-state index contributed by atoms with van der Waals surface area (Å²) in [5, 5.41) is 0.970. The van der Waals surface area contributed by atoms with Crippen LogP contribution in [0.3, 0.4) is 0 Å². The summed E-state index contributed by atoms with van der Waals surface area (Å²) in [7, 11) is 4.96. The average molecular weight is 290 g/mol. The Balaban J connectivity index is 3.07. The van der Waals surface area contributed by atoms with Crippen molar-refractivity contribution in [3.8, 4) is 0 Å². The van der Waals surface area contributed by atoms with Gasteiger partial charge in [-0.05, 0) is 6.26 Å². The summed E-state index contributed by atoms with van der Waals surface area (Å²) in [5.74, 6) is -0.390. The van der Waals surface area contributed by atoms with Crippen molar-refractivity contribution in [3.63, 3.8) is 0 Å². The monoisotopic (exact) mass is 290 g/mol. The normalized spacial score (nSPS) is 10.4. The van der Waals surface area contributed by atoms with E-state index in [-0.39, 0.29) is 5.97 Å². The van der Waals surface area contributed by atoms with Crippen LogP contribution in [0.1, 0.15) is 9.67 Å². The SMILES string of the molecule is COCCN(C)c1sc(C(=O)OC)c(N)c1SC. The van der Waals surface area contributed by atoms with Crippen LogP contribution in [0.25, 0.3) is 0 Å². The van der Waals surface area contributed by atoms with E-state index in [0.29, 0.717) is 17.2 Å². The second-order valence-corrected chi connectivity index (χ2v) is 5.40. The Morgan fingerprint density at radius 1 is 1.50 bits per heavy atom. The largest absolute Gasteiger partial charge is 0.465 e. The summed E-state index contributed by atoms with van der Waals surface area (Å²) in [6.07, 6.45) is 1.94. The van der Waals surface area contributed by atoms with Gasteiger partial charge in [-0.25, -0.2) is 4.79 Å². The third-order valence-corrected chi connectivity index (χ3v) is 4.69. The number of carbonyl (C=O) groups excluding carboxylic acids is 1. The summed E-state index contributed by atoms with van der Waals surface area (Å²) in [4.78, 5) is 15.0. The van der Waals surface area contributed by atoms with Gasteiger partial charge in [-0.2, -0.15) is 0 Å². The highest BCUT2D eigenvalue weighted by Crippen LogP contribution is 2.43. The van der Waals surface area contributed by atoms with Crippen molar-refractivity contribution in [1.29, 1.82) is 0 Å². The molecule has 102 valence electrons. The van der Waals surface area contributed by atoms with Gasteiger partial charge in [-0.1, -0.05) is 0 Å². The first kappa shape index (κ1) is 15.1. The van der Waals surface area contributed by atoms with Crippen molar-refractivity contribution in [2.45, 2.75) is 4.90 Å². The number of hydrogen-bond acceptors (Lipinski definition) is 7. The molecule has 0 aliphatic heterocycles. The molecule has 0 unspecified atom stereocenters. The van der Waals surface area contributed by atoms with Crippen LogP contribution in [-0.2, 0) is 9.47 Å². The van der Waals surface area contributed by atoms with Gasteiger partial charge in [0.2, 0.25) is 0 Å². The number of anilines is 2. The predicted octanol–water partition coefficient (Wildman–Crippen LogP) is 1.92. The highest BCUT2D eigenvalue weighted by molar-refractivity contribution is 7.99. The van der Waals surface area contributed by atoms with E-state index in [1.165, 1.54) is 30.2 Å². The number of nitrogens with two attached hydrogens (primary N) is 1. The van der Waals surface area contributed by atoms with Crippen molar-refractivity contribution >= 4 is 39.8 Å². The first-order chi connectivity index (χ1) is 8.56. The van der Waals surface area contributed by atoms with E-state index < -0.39 is 0 Å². The molecule has 2 N–H and O–H groups in total. The van der Waals surface area contributed by atoms with Crippen LogP contribution >= 0.6 is 23.1 Å². The predicted molar refractivity (Wildman–Crippen MR) is 77.0 cm³/mol. The van der Waals surface area contributed by atoms with Gasteiger partial charge in [0.25, 0.3) is 0 Å². The van der Waals surface area contributed by atoms with E-state index in [9.17, 15) is 4.79 Å². The number of likely N-dealkylation sites (N-methyl/N-ethyl adjacent to an activating group) is 1. The van der Waals surface area contributed by atoms with Crippen LogP contribution in [0, 0.1) is 0 Å². The Hall–Kier alpha value is -0.920. The molecular formula is C11H18N2O3S2. The Kier molecular flexibility index (Phi) is 5.77. The number of carbonyl (C=O) groups is 1. The number of nitrogen functional groups attached to an aromatic ring is 1. The van der Waals surface area contributed by atoms with Gasteiger partial charge in [0.05, 0.1) is 24.3 Å². The van der Waals surface area contributed by atoms with Crippen molar-refractivity contribution in [2.24, 2.45) is 0 Å². The highest BCUT2D eigenvalue weighted by Gasteiger charge is 2.22. The average Bonchev–Trinajstić information content (AvgIpc) is 2.72. The number of ether oxygens (including phenoxy) is 2. The molecule has 0 saturated heterocycles. The second-order valence-electron chi connectivity index (χ2n) is 3.59. The lowest BCUT2D eigenvalue weighted by atomic mass is 10.4. The van der Waals surface area contributed by atoms with E-state index in [2.05, 4.69) is 0 Å². The number of hydrogen-bond donors (Lipinski definition) is 1. The minimum absolute atomic E-state index is 0.390. The molecule has 7 heteroatoms. The number of esters is 1.